The van der Waals surface area contributed by atoms with Gasteiger partial charge in [0.2, 0.25) is 6.79 Å². The molecule has 2 N–H and O–H groups in total. The number of fused-ring (bicyclic) bond motifs is 1. The smallest absolute Gasteiger partial charge is 0.303 e. The SMILES string of the molecule is O=C(O)CCCCNC(=O)c1cnc(-c2ccc3c(c2)OCO3)s1. The lowest BCUT2D eigenvalue weighted by molar-refractivity contribution is -0.137. The van der Waals surface area contributed by atoms with Gasteiger partial charge in [-0.05, 0) is 31.0 Å². The van der Waals surface area contributed by atoms with E-state index in [0.717, 1.165) is 10.6 Å². The highest BCUT2D eigenvalue weighted by Gasteiger charge is 2.16. The third-order valence-corrected chi connectivity index (χ3v) is 4.50. The Morgan fingerprint density at radius 3 is 2.92 bits per heavy atom. The summed E-state index contributed by atoms with van der Waals surface area (Å²) in [5.41, 5.74) is 0.866. The second kappa shape index (κ2) is 7.31. The second-order valence-corrected chi connectivity index (χ2v) is 6.24. The molecule has 1 amide bonds. The summed E-state index contributed by atoms with van der Waals surface area (Å²) in [5.74, 6) is 0.355. The van der Waals surface area contributed by atoms with E-state index in [-0.39, 0.29) is 19.1 Å². The van der Waals surface area contributed by atoms with Crippen LogP contribution in [-0.2, 0) is 4.79 Å². The summed E-state index contributed by atoms with van der Waals surface area (Å²) in [4.78, 5) is 27.3. The summed E-state index contributed by atoms with van der Waals surface area (Å²) < 4.78 is 10.6. The van der Waals surface area contributed by atoms with E-state index in [2.05, 4.69) is 10.3 Å². The van der Waals surface area contributed by atoms with E-state index in [1.165, 1.54) is 17.5 Å². The molecule has 3 rings (SSSR count). The number of amides is 1. The predicted octanol–water partition coefficient (Wildman–Crippen LogP) is 2.52. The lowest BCUT2D eigenvalue weighted by atomic mass is 10.2. The van der Waals surface area contributed by atoms with E-state index >= 15 is 0 Å². The highest BCUT2D eigenvalue weighted by Crippen LogP contribution is 2.36. The molecule has 0 aliphatic carbocycles. The largest absolute Gasteiger partial charge is 0.481 e. The van der Waals surface area contributed by atoms with Gasteiger partial charge in [0.25, 0.3) is 5.91 Å². The number of carbonyl (C=O) groups is 2. The molecule has 1 aromatic carbocycles. The predicted molar refractivity (Wildman–Crippen MR) is 87.5 cm³/mol. The molecule has 7 nitrogen and oxygen atoms in total. The Morgan fingerprint density at radius 2 is 2.08 bits per heavy atom. The molecular weight excluding hydrogens is 332 g/mol. The first-order valence-electron chi connectivity index (χ1n) is 7.49. The van der Waals surface area contributed by atoms with Crippen molar-refractivity contribution in [1.82, 2.24) is 10.3 Å². The number of rotatable bonds is 7. The van der Waals surface area contributed by atoms with Crippen LogP contribution >= 0.6 is 11.3 Å². The number of aromatic nitrogens is 1. The van der Waals surface area contributed by atoms with E-state index in [4.69, 9.17) is 14.6 Å². The number of ether oxygens (including phenoxy) is 2. The van der Waals surface area contributed by atoms with Gasteiger partial charge in [0.05, 0.1) is 6.20 Å². The van der Waals surface area contributed by atoms with Gasteiger partial charge in [0, 0.05) is 18.5 Å². The molecule has 1 aliphatic rings. The van der Waals surface area contributed by atoms with Gasteiger partial charge in [-0.15, -0.1) is 11.3 Å². The number of benzene rings is 1. The highest BCUT2D eigenvalue weighted by atomic mass is 32.1. The average molecular weight is 348 g/mol. The van der Waals surface area contributed by atoms with E-state index < -0.39 is 5.97 Å². The van der Waals surface area contributed by atoms with Crippen LogP contribution in [0.2, 0.25) is 0 Å². The van der Waals surface area contributed by atoms with Crippen molar-refractivity contribution in [2.24, 2.45) is 0 Å². The normalized spacial score (nSPS) is 12.2. The summed E-state index contributed by atoms with van der Waals surface area (Å²) in [6.45, 7) is 0.662. The maximum absolute atomic E-state index is 12.1. The first kappa shape index (κ1) is 16.3. The number of unbranched alkanes of at least 4 members (excludes halogenated alkanes) is 1. The molecule has 1 aromatic heterocycles. The molecule has 0 unspecified atom stereocenters. The van der Waals surface area contributed by atoms with Crippen molar-refractivity contribution in [1.29, 1.82) is 0 Å². The Kier molecular flexibility index (Phi) is 4.95. The van der Waals surface area contributed by atoms with Crippen molar-refractivity contribution in [2.45, 2.75) is 19.3 Å². The molecule has 2 heterocycles. The lowest BCUT2D eigenvalue weighted by Gasteiger charge is -2.02. The lowest BCUT2D eigenvalue weighted by Crippen LogP contribution is -2.23. The number of nitrogens with zero attached hydrogens (tertiary/aromatic N) is 1. The number of carboxylic acids is 1. The van der Waals surface area contributed by atoms with Gasteiger partial charge in [-0.3, -0.25) is 9.59 Å². The molecule has 2 aromatic rings. The zero-order valence-electron chi connectivity index (χ0n) is 12.8. The van der Waals surface area contributed by atoms with Crippen LogP contribution in [-0.4, -0.2) is 35.3 Å². The molecule has 0 spiro atoms. The zero-order chi connectivity index (χ0) is 16.9. The average Bonchev–Trinajstić information content (AvgIpc) is 3.22. The minimum absolute atomic E-state index is 0.116. The summed E-state index contributed by atoms with van der Waals surface area (Å²) >= 11 is 1.29. The molecule has 0 saturated heterocycles. The topological polar surface area (TPSA) is 97.8 Å². The van der Waals surface area contributed by atoms with E-state index in [1.807, 2.05) is 18.2 Å². The molecular formula is C16H16N2O5S. The molecule has 0 radical (unpaired) electrons. The molecule has 8 heteroatoms. The third kappa shape index (κ3) is 3.83. The standard InChI is InChI=1S/C16H16N2O5S/c19-14(20)3-1-2-6-17-15(21)13-8-18-16(24-13)10-4-5-11-12(7-10)23-9-22-11/h4-5,7-8H,1-3,6,9H2,(H,17,21)(H,19,20). The number of aliphatic carboxylic acids is 1. The molecule has 126 valence electrons. The first-order chi connectivity index (χ1) is 11.6. The van der Waals surface area contributed by atoms with Crippen LogP contribution in [0.4, 0.5) is 0 Å². The molecule has 0 atom stereocenters. The number of hydrogen-bond donors (Lipinski definition) is 2. The van der Waals surface area contributed by atoms with Gasteiger partial charge in [-0.1, -0.05) is 0 Å². The Balaban J connectivity index is 1.57. The van der Waals surface area contributed by atoms with Gasteiger partial charge in [0.1, 0.15) is 9.88 Å². The molecule has 24 heavy (non-hydrogen) atoms. The van der Waals surface area contributed by atoms with Crippen molar-refractivity contribution in [2.75, 3.05) is 13.3 Å². The minimum atomic E-state index is -0.822. The maximum Gasteiger partial charge on any atom is 0.303 e. The van der Waals surface area contributed by atoms with Crippen molar-refractivity contribution in [3.63, 3.8) is 0 Å². The van der Waals surface area contributed by atoms with Crippen LogP contribution in [0, 0.1) is 0 Å². The van der Waals surface area contributed by atoms with Crippen LogP contribution in [0.1, 0.15) is 28.9 Å². The Labute approximate surface area is 142 Å². The summed E-state index contributed by atoms with van der Waals surface area (Å²) in [5, 5.41) is 12.1. The number of nitrogens with one attached hydrogen (secondary N) is 1. The van der Waals surface area contributed by atoms with E-state index in [1.54, 1.807) is 0 Å². The van der Waals surface area contributed by atoms with Crippen molar-refractivity contribution >= 4 is 23.2 Å². The Hall–Kier alpha value is -2.61. The van der Waals surface area contributed by atoms with Crippen molar-refractivity contribution in [3.8, 4) is 22.1 Å². The number of hydrogen-bond acceptors (Lipinski definition) is 6. The quantitative estimate of drug-likeness (QED) is 0.746. The minimum Gasteiger partial charge on any atom is -0.481 e. The van der Waals surface area contributed by atoms with Crippen LogP contribution in [0.3, 0.4) is 0 Å². The van der Waals surface area contributed by atoms with Gasteiger partial charge in [-0.25, -0.2) is 4.98 Å². The number of carboxylic acid groups (broad SMARTS) is 1. The maximum atomic E-state index is 12.1. The van der Waals surface area contributed by atoms with Gasteiger partial charge >= 0.3 is 5.97 Å². The number of thiazole rings is 1. The van der Waals surface area contributed by atoms with Crippen molar-refractivity contribution < 1.29 is 24.2 Å². The summed E-state index contributed by atoms with van der Waals surface area (Å²) in [6.07, 6.45) is 2.83. The third-order valence-electron chi connectivity index (χ3n) is 3.45. The highest BCUT2D eigenvalue weighted by molar-refractivity contribution is 7.16. The van der Waals surface area contributed by atoms with Crippen LogP contribution in [0.15, 0.2) is 24.4 Å². The van der Waals surface area contributed by atoms with Crippen LogP contribution in [0.5, 0.6) is 11.5 Å². The molecule has 0 bridgehead atoms. The fraction of sp³-hybridized carbons (Fsp3) is 0.312. The van der Waals surface area contributed by atoms with Crippen LogP contribution in [0.25, 0.3) is 10.6 Å². The monoisotopic (exact) mass is 348 g/mol. The summed E-state index contributed by atoms with van der Waals surface area (Å²) in [6, 6.07) is 5.54. The summed E-state index contributed by atoms with van der Waals surface area (Å²) in [7, 11) is 0. The second-order valence-electron chi connectivity index (χ2n) is 5.20. The molecule has 0 fully saturated rings. The number of carbonyl (C=O) groups excluding carboxylic acids is 1. The van der Waals surface area contributed by atoms with Gasteiger partial charge in [-0.2, -0.15) is 0 Å². The van der Waals surface area contributed by atoms with E-state index in [0.29, 0.717) is 35.8 Å². The zero-order valence-corrected chi connectivity index (χ0v) is 13.6. The fourth-order valence-corrected chi connectivity index (χ4v) is 3.06. The first-order valence-corrected chi connectivity index (χ1v) is 8.31. The van der Waals surface area contributed by atoms with Gasteiger partial charge in [0.15, 0.2) is 11.5 Å². The van der Waals surface area contributed by atoms with Gasteiger partial charge < -0.3 is 19.9 Å². The van der Waals surface area contributed by atoms with E-state index in [9.17, 15) is 9.59 Å². The van der Waals surface area contributed by atoms with Crippen molar-refractivity contribution in [3.05, 3.63) is 29.3 Å². The molecule has 1 aliphatic heterocycles. The Bertz CT molecular complexity index is 759. The Morgan fingerprint density at radius 1 is 1.25 bits per heavy atom. The fourth-order valence-electron chi connectivity index (χ4n) is 2.23. The van der Waals surface area contributed by atoms with Crippen LogP contribution < -0.4 is 14.8 Å². The molecule has 0 saturated carbocycles.